The van der Waals surface area contributed by atoms with Crippen molar-refractivity contribution in [2.24, 2.45) is 17.2 Å². The van der Waals surface area contributed by atoms with E-state index in [0.29, 0.717) is 0 Å². The van der Waals surface area contributed by atoms with Crippen LogP contribution in [0.1, 0.15) is 40.0 Å². The van der Waals surface area contributed by atoms with Crippen LogP contribution in [0.25, 0.3) is 0 Å². The summed E-state index contributed by atoms with van der Waals surface area (Å²) in [5.41, 5.74) is 16.8. The second kappa shape index (κ2) is 15.3. The molecule has 39 heavy (non-hydrogen) atoms. The number of rotatable bonds is 15. The number of hydrogen-bond donors (Lipinski definition) is 7. The Morgan fingerprint density at radius 2 is 1.72 bits per heavy atom. The van der Waals surface area contributed by atoms with Gasteiger partial charge in [0.05, 0.1) is 12.5 Å². The van der Waals surface area contributed by atoms with Crippen molar-refractivity contribution in [1.29, 1.82) is 0 Å². The van der Waals surface area contributed by atoms with Gasteiger partial charge in [-0.05, 0) is 20.3 Å². The van der Waals surface area contributed by atoms with Gasteiger partial charge in [-0.3, -0.25) is 24.0 Å². The Kier molecular flexibility index (Phi) is 13.2. The molecule has 1 fully saturated rings. The third-order valence-corrected chi connectivity index (χ3v) is 5.95. The summed E-state index contributed by atoms with van der Waals surface area (Å²) in [5, 5.41) is 31.2. The molecule has 1 aliphatic rings. The van der Waals surface area contributed by atoms with Crippen LogP contribution < -0.4 is 22.5 Å². The largest absolute Gasteiger partial charge is 0.481 e. The maximum atomic E-state index is 13.0. The summed E-state index contributed by atoms with van der Waals surface area (Å²) in [7, 11) is 0. The van der Waals surface area contributed by atoms with Crippen LogP contribution in [0.4, 0.5) is 0 Å². The number of aliphatic hydroxyl groups excluding tert-OH is 1. The molecule has 0 spiro atoms. The van der Waals surface area contributed by atoms with Crippen molar-refractivity contribution < 1.29 is 58.3 Å². The molecular formula is C22H37N5O12. The predicted molar refractivity (Wildman–Crippen MR) is 129 cm³/mol. The van der Waals surface area contributed by atoms with E-state index in [9.17, 15) is 39.0 Å². The lowest BCUT2D eigenvalue weighted by Gasteiger charge is -2.48. The molecule has 0 radical (unpaired) electrons. The molecule has 1 unspecified atom stereocenters. The molecule has 17 heteroatoms. The minimum Gasteiger partial charge on any atom is -0.481 e. The van der Waals surface area contributed by atoms with Gasteiger partial charge < -0.3 is 56.9 Å². The number of carbonyl (C=O) groups excluding carboxylic acids is 4. The molecule has 0 bridgehead atoms. The van der Waals surface area contributed by atoms with Crippen molar-refractivity contribution in [2.75, 3.05) is 13.2 Å². The van der Waals surface area contributed by atoms with Gasteiger partial charge in [-0.2, -0.15) is 0 Å². The smallest absolute Gasteiger partial charge is 0.332 e. The van der Waals surface area contributed by atoms with Gasteiger partial charge in [0.15, 0.2) is 12.3 Å². The Morgan fingerprint density at radius 1 is 1.10 bits per heavy atom. The summed E-state index contributed by atoms with van der Waals surface area (Å²) in [4.78, 5) is 72.3. The second-order valence-corrected chi connectivity index (χ2v) is 8.93. The third-order valence-electron chi connectivity index (χ3n) is 5.95. The van der Waals surface area contributed by atoms with Crippen LogP contribution in [0.15, 0.2) is 0 Å². The predicted octanol–water partition coefficient (Wildman–Crippen LogP) is -3.78. The number of carboxylic acid groups (broad SMARTS) is 2. The van der Waals surface area contributed by atoms with Gasteiger partial charge in [-0.25, -0.2) is 4.79 Å². The summed E-state index contributed by atoms with van der Waals surface area (Å²) < 4.78 is 16.3. The van der Waals surface area contributed by atoms with E-state index in [1.807, 2.05) is 0 Å². The minimum absolute atomic E-state index is 0.00816. The van der Waals surface area contributed by atoms with E-state index in [2.05, 4.69) is 5.32 Å². The number of primary amides is 1. The summed E-state index contributed by atoms with van der Waals surface area (Å²) in [6, 6.07) is -4.16. The fraction of sp³-hybridized carbons (Fsp3) is 0.727. The number of carbonyl (C=O) groups is 6. The maximum Gasteiger partial charge on any atom is 0.332 e. The highest BCUT2D eigenvalue weighted by Gasteiger charge is 2.50. The van der Waals surface area contributed by atoms with Gasteiger partial charge in [-0.15, -0.1) is 0 Å². The first-order valence-corrected chi connectivity index (χ1v) is 12.1. The number of hydrogen-bond acceptors (Lipinski definition) is 12. The average Bonchev–Trinajstić information content (AvgIpc) is 2.84. The summed E-state index contributed by atoms with van der Waals surface area (Å²) in [5.74, 6) is -5.99. The number of nitrogens with zero attached hydrogens (tertiary/aromatic N) is 1. The molecule has 10 N–H and O–H groups in total. The van der Waals surface area contributed by atoms with Gasteiger partial charge in [0.25, 0.3) is 0 Å². The van der Waals surface area contributed by atoms with E-state index in [4.69, 9.17) is 36.5 Å². The Morgan fingerprint density at radius 3 is 2.21 bits per heavy atom. The Hall–Kier alpha value is -3.38. The maximum absolute atomic E-state index is 13.0. The van der Waals surface area contributed by atoms with Gasteiger partial charge in [0.2, 0.25) is 17.7 Å². The van der Waals surface area contributed by atoms with E-state index in [1.165, 1.54) is 13.8 Å². The molecule has 0 aromatic rings. The molecule has 222 valence electrons. The molecule has 0 aromatic heterocycles. The number of nitrogens with one attached hydrogen (secondary N) is 1. The normalized spacial score (nSPS) is 25.0. The topological polar surface area (TPSA) is 284 Å². The lowest BCUT2D eigenvalue weighted by Crippen LogP contribution is -2.70. The summed E-state index contributed by atoms with van der Waals surface area (Å²) in [6.45, 7) is 2.97. The van der Waals surface area contributed by atoms with Crippen LogP contribution in [0.5, 0.6) is 0 Å². The van der Waals surface area contributed by atoms with Crippen LogP contribution in [0, 0.1) is 0 Å². The highest BCUT2D eigenvalue weighted by Crippen LogP contribution is 2.27. The average molecular weight is 564 g/mol. The minimum atomic E-state index is -1.61. The fourth-order valence-electron chi connectivity index (χ4n) is 3.82. The third kappa shape index (κ3) is 9.70. The van der Waals surface area contributed by atoms with E-state index in [-0.39, 0.29) is 19.4 Å². The fourth-order valence-corrected chi connectivity index (χ4v) is 3.82. The van der Waals surface area contributed by atoms with Crippen LogP contribution in [0.3, 0.4) is 0 Å². The number of ether oxygens (including phenoxy) is 3. The zero-order valence-electron chi connectivity index (χ0n) is 21.8. The Labute approximate surface area is 223 Å². The molecule has 1 aliphatic heterocycles. The molecule has 0 saturated carbocycles. The number of aliphatic carboxylic acids is 2. The van der Waals surface area contributed by atoms with Gasteiger partial charge in [0.1, 0.15) is 37.0 Å². The van der Waals surface area contributed by atoms with Gasteiger partial charge >= 0.3 is 17.9 Å². The Balaban J connectivity index is 3.29. The molecule has 1 saturated heterocycles. The molecule has 0 aliphatic carbocycles. The molecule has 1 heterocycles. The highest BCUT2D eigenvalue weighted by atomic mass is 16.6. The van der Waals surface area contributed by atoms with Crippen LogP contribution in [0.2, 0.25) is 0 Å². The van der Waals surface area contributed by atoms with Crippen molar-refractivity contribution in [3.05, 3.63) is 0 Å². The zero-order valence-corrected chi connectivity index (χ0v) is 21.8. The van der Waals surface area contributed by atoms with Gasteiger partial charge in [-0.1, -0.05) is 0 Å². The number of amides is 3. The van der Waals surface area contributed by atoms with Crippen molar-refractivity contribution in [1.82, 2.24) is 10.2 Å². The molecule has 3 amide bonds. The highest BCUT2D eigenvalue weighted by molar-refractivity contribution is 5.91. The summed E-state index contributed by atoms with van der Waals surface area (Å²) in [6.07, 6.45) is -8.33. The van der Waals surface area contributed by atoms with E-state index >= 15 is 0 Å². The van der Waals surface area contributed by atoms with E-state index in [0.717, 1.165) is 11.8 Å². The van der Waals surface area contributed by atoms with Crippen LogP contribution >= 0.6 is 0 Å². The van der Waals surface area contributed by atoms with Crippen LogP contribution in [-0.2, 0) is 43.0 Å². The molecule has 17 nitrogen and oxygen atoms in total. The number of nitrogens with two attached hydrogens (primary N) is 3. The molecule has 0 aromatic carbocycles. The van der Waals surface area contributed by atoms with Gasteiger partial charge in [0, 0.05) is 19.9 Å². The monoisotopic (exact) mass is 563 g/mol. The zero-order chi connectivity index (χ0) is 30.0. The standard InChI is InChI=1S/C22H37N5O12/c1-9(20(34)26-12(19(25)33)4-5-14(29)30)27(11(3)28)21-16(24)18(38-10(2)22(35)36)17(32)13(39-21)8-37-15(31)6-7-23/h9-10,12-13,16-18,21,32H,4-8,23-24H2,1-3H3,(H2,25,33)(H,26,34)(H,29,30)(H,35,36)/t9-,10+,12+,13+,16+,17+,18+,21?/m0/s1. The number of aliphatic hydroxyl groups is 1. The van der Waals surface area contributed by atoms with Crippen molar-refractivity contribution in [3.8, 4) is 0 Å². The first-order chi connectivity index (χ1) is 18.1. The first kappa shape index (κ1) is 33.6. The van der Waals surface area contributed by atoms with Crippen LogP contribution in [-0.4, -0.2) is 118 Å². The second-order valence-electron chi connectivity index (χ2n) is 8.93. The molecule has 1 rings (SSSR count). The van der Waals surface area contributed by atoms with E-state index < -0.39 is 97.4 Å². The molecule has 8 atom stereocenters. The SMILES string of the molecule is CC(=O)N(C1O[C@H](COC(=O)CCN)[C@@H](O)[C@H](O[C@H](C)C(=O)O)[C@H]1N)[C@@H](C)C(=O)N[C@H](CCC(=O)O)C(N)=O. The number of esters is 1. The van der Waals surface area contributed by atoms with Crippen molar-refractivity contribution in [3.63, 3.8) is 0 Å². The Bertz CT molecular complexity index is 918. The first-order valence-electron chi connectivity index (χ1n) is 12.1. The quantitative estimate of drug-likeness (QED) is 0.0941. The summed E-state index contributed by atoms with van der Waals surface area (Å²) >= 11 is 0. The molecular weight excluding hydrogens is 526 g/mol. The van der Waals surface area contributed by atoms with E-state index in [1.54, 1.807) is 0 Å². The number of carboxylic acids is 2. The lowest BCUT2D eigenvalue weighted by atomic mass is 9.94. The lowest BCUT2D eigenvalue weighted by molar-refractivity contribution is -0.247. The van der Waals surface area contributed by atoms with Crippen molar-refractivity contribution in [2.45, 2.75) is 88.8 Å². The van der Waals surface area contributed by atoms with Crippen molar-refractivity contribution >= 4 is 35.6 Å².